The first-order chi connectivity index (χ1) is 9.17. The lowest BCUT2D eigenvalue weighted by Gasteiger charge is -2.28. The van der Waals surface area contributed by atoms with Crippen LogP contribution in [0.4, 0.5) is 0 Å². The molecule has 1 heterocycles. The van der Waals surface area contributed by atoms with Gasteiger partial charge >= 0.3 is 0 Å². The van der Waals surface area contributed by atoms with Crippen LogP contribution in [0, 0.1) is 5.92 Å². The highest BCUT2D eigenvalue weighted by molar-refractivity contribution is 5.53. The summed E-state index contributed by atoms with van der Waals surface area (Å²) in [6.07, 6.45) is 1.90. The van der Waals surface area contributed by atoms with E-state index in [-0.39, 0.29) is 11.8 Å². The Morgan fingerprint density at radius 3 is 2.21 bits per heavy atom. The summed E-state index contributed by atoms with van der Waals surface area (Å²) in [7, 11) is 3.02. The van der Waals surface area contributed by atoms with Crippen LogP contribution in [0.5, 0.6) is 17.2 Å². The highest BCUT2D eigenvalue weighted by Crippen LogP contribution is 2.40. The van der Waals surface area contributed by atoms with Crippen molar-refractivity contribution < 1.29 is 19.3 Å². The molecule has 0 aromatic heterocycles. The van der Waals surface area contributed by atoms with E-state index in [1.54, 1.807) is 12.1 Å². The summed E-state index contributed by atoms with van der Waals surface area (Å²) >= 11 is 0. The summed E-state index contributed by atoms with van der Waals surface area (Å²) in [5, 5.41) is 9.89. The van der Waals surface area contributed by atoms with E-state index in [9.17, 15) is 5.11 Å². The summed E-state index contributed by atoms with van der Waals surface area (Å²) in [6, 6.07) is 3.45. The monoisotopic (exact) mass is 267 g/mol. The van der Waals surface area contributed by atoms with Crippen molar-refractivity contribution in [3.63, 3.8) is 0 Å². The fourth-order valence-electron chi connectivity index (χ4n) is 2.45. The molecule has 1 saturated heterocycles. The lowest BCUT2D eigenvalue weighted by molar-refractivity contribution is 0.0583. The molecule has 1 atom stereocenters. The van der Waals surface area contributed by atoms with E-state index in [0.29, 0.717) is 17.4 Å². The molecule has 1 fully saturated rings. The third kappa shape index (κ3) is 2.93. The molecular weight excluding hydrogens is 246 g/mol. The van der Waals surface area contributed by atoms with E-state index in [1.807, 2.05) is 0 Å². The van der Waals surface area contributed by atoms with Gasteiger partial charge in [0.15, 0.2) is 11.5 Å². The smallest absolute Gasteiger partial charge is 0.200 e. The van der Waals surface area contributed by atoms with Gasteiger partial charge in [-0.15, -0.1) is 0 Å². The molecule has 0 spiro atoms. The standard InChI is InChI=1S/C14H21NO4/c1-17-11-7-10(8-12(18-2)14(11)16)13(15)9-3-5-19-6-4-9/h7-9,13,16H,3-6,15H2,1-2H3/t13-/m1/s1. The number of ether oxygens (including phenoxy) is 3. The molecule has 0 aliphatic carbocycles. The maximum Gasteiger partial charge on any atom is 0.200 e. The number of hydrogen-bond acceptors (Lipinski definition) is 5. The van der Waals surface area contributed by atoms with Crippen LogP contribution in [0.2, 0.25) is 0 Å². The van der Waals surface area contributed by atoms with Crippen molar-refractivity contribution in [1.82, 2.24) is 0 Å². The van der Waals surface area contributed by atoms with E-state index in [1.165, 1.54) is 14.2 Å². The first-order valence-corrected chi connectivity index (χ1v) is 6.45. The predicted molar refractivity (Wildman–Crippen MR) is 71.7 cm³/mol. The van der Waals surface area contributed by atoms with Crippen molar-refractivity contribution in [2.75, 3.05) is 27.4 Å². The zero-order chi connectivity index (χ0) is 13.8. The molecule has 1 aromatic carbocycles. The predicted octanol–water partition coefficient (Wildman–Crippen LogP) is 1.84. The number of phenols is 1. The zero-order valence-corrected chi connectivity index (χ0v) is 11.4. The molecule has 106 valence electrons. The van der Waals surface area contributed by atoms with Crippen LogP contribution in [0.15, 0.2) is 12.1 Å². The maximum absolute atomic E-state index is 9.89. The molecule has 3 N–H and O–H groups in total. The van der Waals surface area contributed by atoms with Gasteiger partial charge in [-0.05, 0) is 36.5 Å². The first kappa shape index (κ1) is 14.0. The summed E-state index contributed by atoms with van der Waals surface area (Å²) in [5.74, 6) is 1.16. The minimum atomic E-state index is -0.104. The van der Waals surface area contributed by atoms with Gasteiger partial charge in [-0.25, -0.2) is 0 Å². The molecule has 0 saturated carbocycles. The molecule has 1 aliphatic heterocycles. The number of rotatable bonds is 4. The number of phenolic OH excluding ortho intramolecular Hbond substituents is 1. The number of nitrogens with two attached hydrogens (primary N) is 1. The van der Waals surface area contributed by atoms with Crippen molar-refractivity contribution in [3.8, 4) is 17.2 Å². The molecule has 5 heteroatoms. The van der Waals surface area contributed by atoms with E-state index in [4.69, 9.17) is 19.9 Å². The highest BCUT2D eigenvalue weighted by Gasteiger charge is 2.24. The molecule has 1 aliphatic rings. The molecule has 1 aromatic rings. The molecule has 2 rings (SSSR count). The Morgan fingerprint density at radius 2 is 1.74 bits per heavy atom. The van der Waals surface area contributed by atoms with Gasteiger partial charge < -0.3 is 25.1 Å². The van der Waals surface area contributed by atoms with Crippen LogP contribution in [-0.4, -0.2) is 32.5 Å². The van der Waals surface area contributed by atoms with Gasteiger partial charge in [0.05, 0.1) is 14.2 Å². The lowest BCUT2D eigenvalue weighted by Crippen LogP contribution is -2.27. The fourth-order valence-corrected chi connectivity index (χ4v) is 2.45. The van der Waals surface area contributed by atoms with E-state index in [2.05, 4.69) is 0 Å². The normalized spacial score (nSPS) is 18.1. The number of methoxy groups -OCH3 is 2. The third-order valence-corrected chi connectivity index (χ3v) is 3.66. The summed E-state index contributed by atoms with van der Waals surface area (Å²) in [4.78, 5) is 0. The Hall–Kier alpha value is -1.46. The Labute approximate surface area is 113 Å². The summed E-state index contributed by atoms with van der Waals surface area (Å²) in [6.45, 7) is 1.51. The molecule has 0 radical (unpaired) electrons. The van der Waals surface area contributed by atoms with Crippen LogP contribution in [0.3, 0.4) is 0 Å². The molecule has 0 bridgehead atoms. The Bertz CT molecular complexity index is 404. The number of hydrogen-bond donors (Lipinski definition) is 2. The van der Waals surface area contributed by atoms with Crippen molar-refractivity contribution in [3.05, 3.63) is 17.7 Å². The lowest BCUT2D eigenvalue weighted by atomic mass is 9.87. The van der Waals surface area contributed by atoms with Gasteiger partial charge in [0.25, 0.3) is 0 Å². The van der Waals surface area contributed by atoms with Crippen molar-refractivity contribution in [1.29, 1.82) is 0 Å². The zero-order valence-electron chi connectivity index (χ0n) is 11.4. The largest absolute Gasteiger partial charge is 0.502 e. The number of benzene rings is 1. The highest BCUT2D eigenvalue weighted by atomic mass is 16.5. The quantitative estimate of drug-likeness (QED) is 0.870. The minimum absolute atomic E-state index is 0.00734. The Kier molecular flexibility index (Phi) is 4.50. The molecule has 0 unspecified atom stereocenters. The van der Waals surface area contributed by atoms with Crippen LogP contribution in [0.1, 0.15) is 24.4 Å². The van der Waals surface area contributed by atoms with Gasteiger partial charge in [0.1, 0.15) is 0 Å². The molecule has 19 heavy (non-hydrogen) atoms. The van der Waals surface area contributed by atoms with Crippen molar-refractivity contribution >= 4 is 0 Å². The first-order valence-electron chi connectivity index (χ1n) is 6.45. The van der Waals surface area contributed by atoms with Crippen molar-refractivity contribution in [2.24, 2.45) is 11.7 Å². The fraction of sp³-hybridized carbons (Fsp3) is 0.571. The van der Waals surface area contributed by atoms with Crippen LogP contribution >= 0.6 is 0 Å². The average molecular weight is 267 g/mol. The molecular formula is C14H21NO4. The van der Waals surface area contributed by atoms with Crippen LogP contribution in [0.25, 0.3) is 0 Å². The Morgan fingerprint density at radius 1 is 1.21 bits per heavy atom. The summed E-state index contributed by atoms with van der Waals surface area (Å²) in [5.41, 5.74) is 7.23. The van der Waals surface area contributed by atoms with Crippen LogP contribution < -0.4 is 15.2 Å². The van der Waals surface area contributed by atoms with Gasteiger partial charge in [-0.3, -0.25) is 0 Å². The van der Waals surface area contributed by atoms with E-state index >= 15 is 0 Å². The number of aromatic hydroxyl groups is 1. The van der Waals surface area contributed by atoms with Gasteiger partial charge in [0.2, 0.25) is 5.75 Å². The van der Waals surface area contributed by atoms with E-state index in [0.717, 1.165) is 31.6 Å². The summed E-state index contributed by atoms with van der Waals surface area (Å²) < 4.78 is 15.7. The molecule has 0 amide bonds. The van der Waals surface area contributed by atoms with Gasteiger partial charge in [0, 0.05) is 19.3 Å². The third-order valence-electron chi connectivity index (χ3n) is 3.66. The van der Waals surface area contributed by atoms with Gasteiger partial charge in [-0.2, -0.15) is 0 Å². The topological polar surface area (TPSA) is 73.9 Å². The molecule has 5 nitrogen and oxygen atoms in total. The SMILES string of the molecule is COc1cc([C@H](N)C2CCOCC2)cc(OC)c1O. The second kappa shape index (κ2) is 6.12. The second-order valence-corrected chi connectivity index (χ2v) is 4.75. The minimum Gasteiger partial charge on any atom is -0.502 e. The second-order valence-electron chi connectivity index (χ2n) is 4.75. The Balaban J connectivity index is 2.27. The van der Waals surface area contributed by atoms with Crippen molar-refractivity contribution in [2.45, 2.75) is 18.9 Å². The van der Waals surface area contributed by atoms with E-state index < -0.39 is 0 Å². The average Bonchev–Trinajstić information content (AvgIpc) is 2.47. The maximum atomic E-state index is 9.89. The van der Waals surface area contributed by atoms with Gasteiger partial charge in [-0.1, -0.05) is 0 Å². The van der Waals surface area contributed by atoms with Crippen LogP contribution in [-0.2, 0) is 4.74 Å².